The minimum atomic E-state index is -1.26. The first-order chi connectivity index (χ1) is 8.82. The van der Waals surface area contributed by atoms with Crippen LogP contribution in [0.5, 0.6) is 0 Å². The monoisotopic (exact) mass is 266 g/mol. The molecule has 0 aliphatic carbocycles. The van der Waals surface area contributed by atoms with E-state index in [9.17, 15) is 14.4 Å². The first-order valence-corrected chi connectivity index (χ1v) is 6.06. The molecule has 1 amide bonds. The quantitative estimate of drug-likeness (QED) is 0.824. The Morgan fingerprint density at radius 1 is 1.37 bits per heavy atom. The number of rotatable bonds is 5. The van der Waals surface area contributed by atoms with Crippen LogP contribution in [0.2, 0.25) is 0 Å². The summed E-state index contributed by atoms with van der Waals surface area (Å²) in [6.07, 6.45) is 0.141. The predicted octanol–water partition coefficient (Wildman–Crippen LogP) is 0.770. The number of carboxylic acids is 1. The highest BCUT2D eigenvalue weighted by Gasteiger charge is 2.13. The molecule has 0 saturated heterocycles. The van der Waals surface area contributed by atoms with Crippen molar-refractivity contribution in [3.8, 4) is 0 Å². The van der Waals surface area contributed by atoms with Crippen LogP contribution in [0.4, 0.5) is 0 Å². The first kappa shape index (κ1) is 14.9. The molecular weight excluding hydrogens is 248 g/mol. The van der Waals surface area contributed by atoms with Gasteiger partial charge in [-0.1, -0.05) is 0 Å². The summed E-state index contributed by atoms with van der Waals surface area (Å²) in [5.41, 5.74) is -0.230. The number of nitrogens with one attached hydrogen (secondary N) is 1. The number of hydrogen-bond acceptors (Lipinski definition) is 3. The summed E-state index contributed by atoms with van der Waals surface area (Å²) >= 11 is 0. The number of hydrogen-bond donors (Lipinski definition) is 2. The second-order valence-electron chi connectivity index (χ2n) is 4.62. The minimum absolute atomic E-state index is 0.0377. The molecule has 0 aliphatic heterocycles. The van der Waals surface area contributed by atoms with E-state index in [1.807, 2.05) is 13.8 Å². The average Bonchev–Trinajstić information content (AvgIpc) is 2.27. The van der Waals surface area contributed by atoms with E-state index in [4.69, 9.17) is 5.11 Å². The van der Waals surface area contributed by atoms with Gasteiger partial charge in [-0.15, -0.1) is 0 Å². The Kier molecular flexibility index (Phi) is 4.86. The molecule has 0 radical (unpaired) electrons. The highest BCUT2D eigenvalue weighted by atomic mass is 16.4. The Hall–Kier alpha value is -2.11. The number of aromatic carboxylic acids is 1. The van der Waals surface area contributed by atoms with Gasteiger partial charge in [-0.3, -0.25) is 9.59 Å². The number of carbonyl (C=O) groups excluding carboxylic acids is 1. The molecule has 0 saturated carbocycles. The highest BCUT2D eigenvalue weighted by Crippen LogP contribution is 2.00. The van der Waals surface area contributed by atoms with Crippen LogP contribution >= 0.6 is 0 Å². The number of aromatic nitrogens is 1. The van der Waals surface area contributed by atoms with Crippen molar-refractivity contribution in [3.05, 3.63) is 33.7 Å². The molecule has 6 heteroatoms. The third-order valence-corrected chi connectivity index (χ3v) is 2.64. The van der Waals surface area contributed by atoms with Crippen molar-refractivity contribution in [1.29, 1.82) is 0 Å². The molecule has 19 heavy (non-hydrogen) atoms. The number of amides is 1. The molecule has 0 aromatic carbocycles. The second kappa shape index (κ2) is 6.17. The fraction of sp³-hybridized carbons (Fsp3) is 0.462. The van der Waals surface area contributed by atoms with Crippen molar-refractivity contribution in [2.75, 3.05) is 0 Å². The lowest BCUT2D eigenvalue weighted by molar-refractivity contribution is -0.121. The highest BCUT2D eigenvalue weighted by molar-refractivity contribution is 5.87. The van der Waals surface area contributed by atoms with E-state index in [1.54, 1.807) is 13.0 Å². The van der Waals surface area contributed by atoms with Crippen LogP contribution in [-0.4, -0.2) is 27.6 Å². The van der Waals surface area contributed by atoms with Crippen molar-refractivity contribution in [2.45, 2.75) is 39.8 Å². The summed E-state index contributed by atoms with van der Waals surface area (Å²) in [4.78, 5) is 34.3. The van der Waals surface area contributed by atoms with Gasteiger partial charge in [0.1, 0.15) is 5.56 Å². The van der Waals surface area contributed by atoms with Crippen LogP contribution < -0.4 is 10.9 Å². The Morgan fingerprint density at radius 3 is 2.53 bits per heavy atom. The average molecular weight is 266 g/mol. The summed E-state index contributed by atoms with van der Waals surface area (Å²) in [5.74, 6) is -1.42. The number of carbonyl (C=O) groups is 2. The minimum Gasteiger partial charge on any atom is -0.477 e. The summed E-state index contributed by atoms with van der Waals surface area (Å²) in [5, 5.41) is 11.6. The first-order valence-electron chi connectivity index (χ1n) is 6.06. The van der Waals surface area contributed by atoms with E-state index in [0.717, 1.165) is 0 Å². The lowest BCUT2D eigenvalue weighted by Gasteiger charge is -2.12. The van der Waals surface area contributed by atoms with Gasteiger partial charge in [0, 0.05) is 24.7 Å². The number of pyridine rings is 1. The van der Waals surface area contributed by atoms with Crippen molar-refractivity contribution < 1.29 is 14.7 Å². The Bertz CT molecular complexity index is 546. The molecule has 2 N–H and O–H groups in total. The van der Waals surface area contributed by atoms with Crippen molar-refractivity contribution >= 4 is 11.9 Å². The fourth-order valence-corrected chi connectivity index (χ4v) is 1.72. The molecule has 0 unspecified atom stereocenters. The van der Waals surface area contributed by atoms with Crippen molar-refractivity contribution in [1.82, 2.24) is 9.88 Å². The topological polar surface area (TPSA) is 88.4 Å². The van der Waals surface area contributed by atoms with Gasteiger partial charge in [0.15, 0.2) is 0 Å². The van der Waals surface area contributed by atoms with Gasteiger partial charge in [0.05, 0.1) is 0 Å². The van der Waals surface area contributed by atoms with Gasteiger partial charge in [-0.2, -0.15) is 0 Å². The molecule has 0 atom stereocenters. The number of nitrogens with zero attached hydrogens (tertiary/aromatic N) is 1. The second-order valence-corrected chi connectivity index (χ2v) is 4.62. The third-order valence-electron chi connectivity index (χ3n) is 2.64. The maximum absolute atomic E-state index is 11.9. The molecular formula is C13H18N2O4. The molecule has 0 bridgehead atoms. The Balaban J connectivity index is 2.90. The largest absolute Gasteiger partial charge is 0.477 e. The molecule has 1 heterocycles. The molecule has 1 aromatic heterocycles. The van der Waals surface area contributed by atoms with Gasteiger partial charge >= 0.3 is 5.97 Å². The molecule has 1 rings (SSSR count). The van der Waals surface area contributed by atoms with Gasteiger partial charge in [-0.25, -0.2) is 4.79 Å². The summed E-state index contributed by atoms with van der Waals surface area (Å²) in [6, 6.07) is 2.88. The predicted molar refractivity (Wildman–Crippen MR) is 70.3 cm³/mol. The van der Waals surface area contributed by atoms with E-state index in [0.29, 0.717) is 5.69 Å². The van der Waals surface area contributed by atoms with E-state index in [1.165, 1.54) is 10.6 Å². The molecule has 6 nitrogen and oxygen atoms in total. The molecule has 0 aliphatic rings. The van der Waals surface area contributed by atoms with E-state index >= 15 is 0 Å². The fourth-order valence-electron chi connectivity index (χ4n) is 1.72. The van der Waals surface area contributed by atoms with Crippen LogP contribution in [0.25, 0.3) is 0 Å². The summed E-state index contributed by atoms with van der Waals surface area (Å²) in [7, 11) is 0. The van der Waals surface area contributed by atoms with Gasteiger partial charge < -0.3 is 15.0 Å². The Labute approximate surface area is 111 Å². The number of carboxylic acid groups (broad SMARTS) is 1. The molecule has 0 spiro atoms. The standard InChI is InChI=1S/C13H18N2O4/c1-8(2)14-11(16)6-7-15-9(3)4-5-10(12(15)17)13(18)19/h4-5,8H,6-7H2,1-3H3,(H,14,16)(H,18,19). The van der Waals surface area contributed by atoms with E-state index in [-0.39, 0.29) is 30.5 Å². The summed E-state index contributed by atoms with van der Waals surface area (Å²) in [6.45, 7) is 5.57. The van der Waals surface area contributed by atoms with Crippen molar-refractivity contribution in [2.24, 2.45) is 0 Å². The van der Waals surface area contributed by atoms with E-state index < -0.39 is 11.5 Å². The van der Waals surface area contributed by atoms with Crippen LogP contribution in [0.3, 0.4) is 0 Å². The van der Waals surface area contributed by atoms with E-state index in [2.05, 4.69) is 5.32 Å². The summed E-state index contributed by atoms with van der Waals surface area (Å²) < 4.78 is 1.31. The third kappa shape index (κ3) is 3.94. The number of aryl methyl sites for hydroxylation is 1. The Morgan fingerprint density at radius 2 is 2.00 bits per heavy atom. The normalized spacial score (nSPS) is 10.5. The van der Waals surface area contributed by atoms with Crippen molar-refractivity contribution in [3.63, 3.8) is 0 Å². The van der Waals surface area contributed by atoms with Crippen LogP contribution in [0.15, 0.2) is 16.9 Å². The molecule has 0 fully saturated rings. The maximum Gasteiger partial charge on any atom is 0.341 e. The zero-order valence-electron chi connectivity index (χ0n) is 11.3. The molecule has 104 valence electrons. The van der Waals surface area contributed by atoms with Gasteiger partial charge in [-0.05, 0) is 32.9 Å². The zero-order valence-corrected chi connectivity index (χ0v) is 11.3. The van der Waals surface area contributed by atoms with Crippen LogP contribution in [0.1, 0.15) is 36.3 Å². The SMILES string of the molecule is Cc1ccc(C(=O)O)c(=O)n1CCC(=O)NC(C)C. The molecule has 1 aromatic rings. The smallest absolute Gasteiger partial charge is 0.341 e. The van der Waals surface area contributed by atoms with Gasteiger partial charge in [0.25, 0.3) is 5.56 Å². The maximum atomic E-state index is 11.9. The lowest BCUT2D eigenvalue weighted by Crippen LogP contribution is -2.33. The van der Waals surface area contributed by atoms with Crippen LogP contribution in [-0.2, 0) is 11.3 Å². The lowest BCUT2D eigenvalue weighted by atomic mass is 10.2. The van der Waals surface area contributed by atoms with Crippen LogP contribution in [0, 0.1) is 6.92 Å². The van der Waals surface area contributed by atoms with Gasteiger partial charge in [0.2, 0.25) is 5.91 Å². The zero-order chi connectivity index (χ0) is 14.6.